The van der Waals surface area contributed by atoms with Gasteiger partial charge in [-0.05, 0) is 30.3 Å². The SMILES string of the molecule is Nc1ccc(Oc2nn3c(=O)cnnc3c3ccccc23)cc1. The molecule has 0 aliphatic carbocycles. The Kier molecular flexibility index (Phi) is 2.90. The fraction of sp³-hybridized carbons (Fsp3) is 0. The van der Waals surface area contributed by atoms with Crippen molar-refractivity contribution in [3.63, 3.8) is 0 Å². The van der Waals surface area contributed by atoms with Crippen molar-refractivity contribution in [1.82, 2.24) is 19.8 Å². The Morgan fingerprint density at radius 3 is 2.52 bits per heavy atom. The lowest BCUT2D eigenvalue weighted by Gasteiger charge is -2.10. The zero-order chi connectivity index (χ0) is 15.8. The highest BCUT2D eigenvalue weighted by Crippen LogP contribution is 2.29. The lowest BCUT2D eigenvalue weighted by Crippen LogP contribution is -2.18. The Hall–Kier alpha value is -3.48. The van der Waals surface area contributed by atoms with Crippen molar-refractivity contribution in [3.05, 3.63) is 65.1 Å². The van der Waals surface area contributed by atoms with Gasteiger partial charge in [-0.25, -0.2) is 0 Å². The molecule has 0 spiro atoms. The third-order valence-electron chi connectivity index (χ3n) is 3.41. The van der Waals surface area contributed by atoms with Gasteiger partial charge < -0.3 is 10.5 Å². The maximum absolute atomic E-state index is 12.0. The van der Waals surface area contributed by atoms with E-state index in [2.05, 4.69) is 15.3 Å². The summed E-state index contributed by atoms with van der Waals surface area (Å²) < 4.78 is 7.02. The average molecular weight is 305 g/mol. The van der Waals surface area contributed by atoms with Crippen molar-refractivity contribution in [1.29, 1.82) is 0 Å². The Morgan fingerprint density at radius 2 is 1.74 bits per heavy atom. The van der Waals surface area contributed by atoms with Crippen LogP contribution in [0.5, 0.6) is 11.6 Å². The Morgan fingerprint density at radius 1 is 1.00 bits per heavy atom. The molecular formula is C16H11N5O2. The summed E-state index contributed by atoms with van der Waals surface area (Å²) in [6.07, 6.45) is 1.11. The van der Waals surface area contributed by atoms with Gasteiger partial charge in [-0.15, -0.1) is 10.2 Å². The first kappa shape index (κ1) is 13.2. The van der Waals surface area contributed by atoms with Crippen LogP contribution < -0.4 is 16.0 Å². The van der Waals surface area contributed by atoms with Gasteiger partial charge >= 0.3 is 0 Å². The van der Waals surface area contributed by atoms with E-state index in [4.69, 9.17) is 10.5 Å². The molecule has 2 heterocycles. The average Bonchev–Trinajstić information content (AvgIpc) is 2.58. The Balaban J connectivity index is 1.98. The minimum absolute atomic E-state index is 0.313. The molecule has 0 aliphatic heterocycles. The summed E-state index contributed by atoms with van der Waals surface area (Å²) in [4.78, 5) is 12.0. The van der Waals surface area contributed by atoms with Crippen LogP contribution in [0.2, 0.25) is 0 Å². The van der Waals surface area contributed by atoms with Gasteiger partial charge in [0.1, 0.15) is 11.9 Å². The molecule has 7 heteroatoms. The maximum atomic E-state index is 12.0. The van der Waals surface area contributed by atoms with E-state index in [1.54, 1.807) is 24.3 Å². The van der Waals surface area contributed by atoms with Gasteiger partial charge in [0.25, 0.3) is 5.56 Å². The first-order valence-electron chi connectivity index (χ1n) is 6.89. The summed E-state index contributed by atoms with van der Waals surface area (Å²) >= 11 is 0. The van der Waals surface area contributed by atoms with Gasteiger partial charge in [0.15, 0.2) is 5.65 Å². The summed E-state index contributed by atoms with van der Waals surface area (Å²) in [5.41, 5.74) is 6.33. The smallest absolute Gasteiger partial charge is 0.293 e. The molecule has 0 fully saturated rings. The van der Waals surface area contributed by atoms with Crippen molar-refractivity contribution in [2.24, 2.45) is 0 Å². The Labute approximate surface area is 130 Å². The van der Waals surface area contributed by atoms with Crippen LogP contribution in [0.25, 0.3) is 16.4 Å². The molecule has 112 valence electrons. The van der Waals surface area contributed by atoms with Crippen molar-refractivity contribution in [2.75, 3.05) is 5.73 Å². The highest BCUT2D eigenvalue weighted by Gasteiger charge is 2.12. The van der Waals surface area contributed by atoms with E-state index in [0.717, 1.165) is 17.0 Å². The molecule has 0 amide bonds. The third-order valence-corrected chi connectivity index (χ3v) is 3.41. The van der Waals surface area contributed by atoms with E-state index in [1.807, 2.05) is 24.3 Å². The number of nitrogens with two attached hydrogens (primary N) is 1. The summed E-state index contributed by atoms with van der Waals surface area (Å²) in [7, 11) is 0. The monoisotopic (exact) mass is 305 g/mol. The summed E-state index contributed by atoms with van der Waals surface area (Å²) in [6, 6.07) is 14.4. The van der Waals surface area contributed by atoms with Gasteiger partial charge in [0.2, 0.25) is 5.88 Å². The predicted octanol–water partition coefficient (Wildman–Crippen LogP) is 2.01. The highest BCUT2D eigenvalue weighted by molar-refractivity contribution is 5.96. The number of hydrogen-bond donors (Lipinski definition) is 1. The normalized spacial score (nSPS) is 11.0. The topological polar surface area (TPSA) is 95.4 Å². The van der Waals surface area contributed by atoms with Crippen LogP contribution in [-0.2, 0) is 0 Å². The fourth-order valence-corrected chi connectivity index (χ4v) is 2.33. The van der Waals surface area contributed by atoms with Crippen molar-refractivity contribution in [3.8, 4) is 11.6 Å². The largest absolute Gasteiger partial charge is 0.437 e. The first-order valence-corrected chi connectivity index (χ1v) is 6.89. The van der Waals surface area contributed by atoms with Gasteiger partial charge in [0, 0.05) is 16.5 Å². The van der Waals surface area contributed by atoms with Crippen LogP contribution >= 0.6 is 0 Å². The lowest BCUT2D eigenvalue weighted by molar-refractivity contribution is 0.457. The third kappa shape index (κ3) is 2.24. The number of fused-ring (bicyclic) bond motifs is 3. The van der Waals surface area contributed by atoms with Crippen molar-refractivity contribution < 1.29 is 4.74 Å². The number of anilines is 1. The van der Waals surface area contributed by atoms with Crippen LogP contribution in [-0.4, -0.2) is 19.8 Å². The quantitative estimate of drug-likeness (QED) is 0.449. The Bertz CT molecular complexity index is 1070. The van der Waals surface area contributed by atoms with E-state index >= 15 is 0 Å². The maximum Gasteiger partial charge on any atom is 0.293 e. The van der Waals surface area contributed by atoms with Crippen molar-refractivity contribution >= 4 is 22.1 Å². The molecule has 0 saturated heterocycles. The molecule has 2 aromatic carbocycles. The van der Waals surface area contributed by atoms with Gasteiger partial charge in [-0.3, -0.25) is 4.79 Å². The molecule has 4 rings (SSSR count). The molecular weight excluding hydrogens is 294 g/mol. The molecule has 2 N–H and O–H groups in total. The second kappa shape index (κ2) is 5.06. The number of aromatic nitrogens is 4. The molecule has 0 radical (unpaired) electrons. The van der Waals surface area contributed by atoms with Crippen LogP contribution in [0, 0.1) is 0 Å². The van der Waals surface area contributed by atoms with E-state index < -0.39 is 0 Å². The minimum atomic E-state index is -0.372. The lowest BCUT2D eigenvalue weighted by atomic mass is 10.2. The summed E-state index contributed by atoms with van der Waals surface area (Å²) in [6.45, 7) is 0. The zero-order valence-corrected chi connectivity index (χ0v) is 11.9. The number of hydrogen-bond acceptors (Lipinski definition) is 6. The minimum Gasteiger partial charge on any atom is -0.437 e. The van der Waals surface area contributed by atoms with Gasteiger partial charge in [-0.2, -0.15) is 9.61 Å². The second-order valence-corrected chi connectivity index (χ2v) is 4.94. The number of rotatable bonds is 2. The van der Waals surface area contributed by atoms with Crippen LogP contribution in [0.4, 0.5) is 5.69 Å². The molecule has 0 unspecified atom stereocenters. The number of nitrogens with zero attached hydrogens (tertiary/aromatic N) is 4. The highest BCUT2D eigenvalue weighted by atomic mass is 16.5. The number of benzene rings is 2. The van der Waals surface area contributed by atoms with Crippen molar-refractivity contribution in [2.45, 2.75) is 0 Å². The van der Waals surface area contributed by atoms with E-state index in [0.29, 0.717) is 23.0 Å². The fourth-order valence-electron chi connectivity index (χ4n) is 2.33. The predicted molar refractivity (Wildman–Crippen MR) is 85.5 cm³/mol. The van der Waals surface area contributed by atoms with E-state index in [9.17, 15) is 4.79 Å². The van der Waals surface area contributed by atoms with Gasteiger partial charge in [-0.1, -0.05) is 18.2 Å². The molecule has 0 bridgehead atoms. The molecule has 7 nitrogen and oxygen atoms in total. The molecule has 2 aromatic heterocycles. The van der Waals surface area contributed by atoms with Crippen LogP contribution in [0.1, 0.15) is 0 Å². The molecule has 4 aromatic rings. The number of ether oxygens (including phenoxy) is 1. The van der Waals surface area contributed by atoms with Crippen LogP contribution in [0.3, 0.4) is 0 Å². The van der Waals surface area contributed by atoms with Crippen LogP contribution in [0.15, 0.2) is 59.5 Å². The zero-order valence-electron chi connectivity index (χ0n) is 11.9. The molecule has 0 atom stereocenters. The van der Waals surface area contributed by atoms with Gasteiger partial charge in [0.05, 0.1) is 0 Å². The van der Waals surface area contributed by atoms with E-state index in [1.165, 1.54) is 4.52 Å². The van der Waals surface area contributed by atoms with E-state index in [-0.39, 0.29) is 5.56 Å². The standard InChI is InChI=1S/C16H11N5O2/c17-10-5-7-11(8-6-10)23-16-13-4-2-1-3-12(13)15-19-18-9-14(22)21(15)20-16/h1-9H,17H2. The molecule has 0 saturated carbocycles. The molecule has 23 heavy (non-hydrogen) atoms. The summed E-state index contributed by atoms with van der Waals surface area (Å²) in [5.74, 6) is 0.888. The summed E-state index contributed by atoms with van der Waals surface area (Å²) in [5, 5.41) is 13.5. The first-order chi connectivity index (χ1) is 11.2. The second-order valence-electron chi connectivity index (χ2n) is 4.94. The molecule has 0 aliphatic rings. The number of nitrogen functional groups attached to an aromatic ring is 1.